The maximum absolute atomic E-state index is 13.0. The van der Waals surface area contributed by atoms with Crippen LogP contribution in [0, 0.1) is 13.8 Å². The molecule has 17 heteroatoms. The molecule has 6 rings (SSSR count). The second-order valence-corrected chi connectivity index (χ2v) is 13.7. The maximum atomic E-state index is 13.0. The van der Waals surface area contributed by atoms with Gasteiger partial charge in [-0.15, -0.1) is 0 Å². The van der Waals surface area contributed by atoms with Gasteiger partial charge in [0.1, 0.15) is 0 Å². The summed E-state index contributed by atoms with van der Waals surface area (Å²) in [5, 5.41) is 11.3. The molecule has 49 heavy (non-hydrogen) atoms. The Labute approximate surface area is 278 Å². The second kappa shape index (κ2) is 12.8. The lowest BCUT2D eigenvalue weighted by Crippen LogP contribution is -2.21. The Morgan fingerprint density at radius 3 is 1.45 bits per heavy atom. The average Bonchev–Trinajstić information content (AvgIpc) is 3.00. The van der Waals surface area contributed by atoms with E-state index in [1.807, 2.05) is 0 Å². The number of hydrogen-bond acceptors (Lipinski definition) is 11. The number of nitrogens with two attached hydrogens (primary N) is 2. The third kappa shape index (κ3) is 7.76. The number of fused-ring (bicyclic) bond motifs is 2. The molecule has 4 heterocycles. The van der Waals surface area contributed by atoms with Gasteiger partial charge in [0.15, 0.2) is 0 Å². The topological polar surface area (TPSA) is 240 Å². The fourth-order valence-electron chi connectivity index (χ4n) is 5.36. The van der Waals surface area contributed by atoms with Crippen LogP contribution >= 0.6 is 0 Å². The highest BCUT2D eigenvalue weighted by molar-refractivity contribution is 7.90. The van der Waals surface area contributed by atoms with Crippen molar-refractivity contribution in [3.8, 4) is 11.8 Å². The van der Waals surface area contributed by atoms with Crippen LogP contribution in [-0.2, 0) is 33.3 Å². The Kier molecular flexibility index (Phi) is 8.68. The Morgan fingerprint density at radius 1 is 0.653 bits per heavy atom. The summed E-state index contributed by atoms with van der Waals surface area (Å²) in [6, 6.07) is 19.5. The van der Waals surface area contributed by atoms with E-state index in [0.717, 1.165) is 0 Å². The molecule has 0 amide bonds. The van der Waals surface area contributed by atoms with E-state index in [1.54, 1.807) is 74.5 Å². The van der Waals surface area contributed by atoms with Crippen LogP contribution in [0.25, 0.3) is 22.2 Å². The van der Waals surface area contributed by atoms with Gasteiger partial charge in [-0.2, -0.15) is 26.8 Å². The van der Waals surface area contributed by atoms with Crippen molar-refractivity contribution in [3.05, 3.63) is 127 Å². The van der Waals surface area contributed by atoms with E-state index in [-0.39, 0.29) is 47.4 Å². The van der Waals surface area contributed by atoms with E-state index in [4.69, 9.17) is 23.8 Å². The van der Waals surface area contributed by atoms with Crippen LogP contribution in [0.1, 0.15) is 33.4 Å². The zero-order valence-electron chi connectivity index (χ0n) is 25.9. The van der Waals surface area contributed by atoms with Gasteiger partial charge < -0.3 is 13.6 Å². The van der Waals surface area contributed by atoms with Crippen molar-refractivity contribution in [2.45, 2.75) is 26.7 Å². The highest BCUT2D eigenvalue weighted by Gasteiger charge is 2.17. The lowest BCUT2D eigenvalue weighted by Gasteiger charge is -2.11. The molecule has 4 aromatic heterocycles. The van der Waals surface area contributed by atoms with Crippen LogP contribution in [0.15, 0.2) is 91.2 Å². The number of nitrogens with zero attached hydrogens (tertiary/aromatic N) is 2. The van der Waals surface area contributed by atoms with Gasteiger partial charge in [0, 0.05) is 46.9 Å². The summed E-state index contributed by atoms with van der Waals surface area (Å²) in [7, 11) is -7.93. The first-order valence-corrected chi connectivity index (χ1v) is 17.5. The molecule has 252 valence electrons. The molecule has 6 N–H and O–H groups in total. The molecule has 15 nitrogen and oxygen atoms in total. The highest BCUT2D eigenvalue weighted by atomic mass is 32.2. The molecule has 0 aliphatic carbocycles. The summed E-state index contributed by atoms with van der Waals surface area (Å²) < 4.78 is 66.9. The van der Waals surface area contributed by atoms with E-state index in [2.05, 4.69) is 19.4 Å². The first-order valence-electron chi connectivity index (χ1n) is 14.5. The van der Waals surface area contributed by atoms with E-state index < -0.39 is 31.7 Å². The molecular weight excluding hydrogens is 677 g/mol. The zero-order valence-corrected chi connectivity index (χ0v) is 27.5. The number of anilines is 2. The molecule has 0 bridgehead atoms. The van der Waals surface area contributed by atoms with Gasteiger partial charge >= 0.3 is 11.3 Å². The number of rotatable bonds is 10. The van der Waals surface area contributed by atoms with Gasteiger partial charge in [0.2, 0.25) is 23.2 Å². The highest BCUT2D eigenvalue weighted by Crippen LogP contribution is 2.28. The first-order chi connectivity index (χ1) is 23.1. The van der Waals surface area contributed by atoms with Crippen molar-refractivity contribution in [1.29, 1.82) is 0 Å². The SMILES string of the molecule is Cc1c(Cc2cccc(NS(N)(=O)=O)c2)c(=O)oc2nc(Oc3ccc4c(C)c(Cc5cccc(NS(N)(=O)=O)c5)c(=O)oc4n3)ccc12. The molecule has 0 aliphatic rings. The fraction of sp³-hybridized carbons (Fsp3) is 0.125. The normalized spacial score (nSPS) is 11.9. The number of aromatic nitrogens is 2. The number of ether oxygens (including phenoxy) is 1. The molecule has 0 unspecified atom stereocenters. The minimum absolute atomic E-state index is 0.0320. The standard InChI is InChI=1S/C32H28N6O9S2/c1-17-23-9-11-27(35-29(23)46-31(39)25(17)15-19-5-3-7-21(13-19)37-48(33,41)42)45-28-12-10-24-18(2)26(32(40)47-30(24)36-28)16-20-6-4-8-22(14-20)38-49(34,43)44/h3-14,37-38H,15-16H2,1-2H3,(H2,33,41,42)(H2,34,43,44). The van der Waals surface area contributed by atoms with E-state index in [0.29, 0.717) is 44.2 Å². The van der Waals surface area contributed by atoms with Crippen molar-refractivity contribution in [1.82, 2.24) is 9.97 Å². The minimum Gasteiger partial charge on any atom is -0.420 e. The van der Waals surface area contributed by atoms with Gasteiger partial charge in [-0.3, -0.25) is 9.44 Å². The van der Waals surface area contributed by atoms with Crippen molar-refractivity contribution < 1.29 is 30.4 Å². The quantitative estimate of drug-likeness (QED) is 0.161. The molecular formula is C32H28N6O9S2. The van der Waals surface area contributed by atoms with Crippen LogP contribution in [0.2, 0.25) is 0 Å². The summed E-state index contributed by atoms with van der Waals surface area (Å²) in [6.45, 7) is 3.51. The number of pyridine rings is 2. The van der Waals surface area contributed by atoms with Gasteiger partial charge in [0.25, 0.3) is 20.4 Å². The smallest absolute Gasteiger partial charge is 0.341 e. The third-order valence-corrected chi connectivity index (χ3v) is 8.64. The van der Waals surface area contributed by atoms with Crippen molar-refractivity contribution in [3.63, 3.8) is 0 Å². The lowest BCUT2D eigenvalue weighted by molar-refractivity contribution is 0.436. The summed E-state index contributed by atoms with van der Waals surface area (Å²) in [4.78, 5) is 34.7. The monoisotopic (exact) mass is 704 g/mol. The number of hydrogen-bond donors (Lipinski definition) is 4. The third-order valence-electron chi connectivity index (χ3n) is 7.60. The Hall–Kier alpha value is -5.62. The minimum atomic E-state index is -3.96. The molecule has 2 aromatic carbocycles. The van der Waals surface area contributed by atoms with Gasteiger partial charge in [-0.1, -0.05) is 24.3 Å². The van der Waals surface area contributed by atoms with Crippen LogP contribution in [-0.4, -0.2) is 26.8 Å². The Balaban J connectivity index is 1.24. The molecule has 6 aromatic rings. The summed E-state index contributed by atoms with van der Waals surface area (Å²) in [6.07, 6.45) is 0.329. The number of benzene rings is 2. The van der Waals surface area contributed by atoms with Crippen molar-refractivity contribution >= 4 is 54.0 Å². The summed E-state index contributed by atoms with van der Waals surface area (Å²) in [5.41, 5.74) is 2.62. The Morgan fingerprint density at radius 2 is 1.06 bits per heavy atom. The van der Waals surface area contributed by atoms with Crippen LogP contribution in [0.4, 0.5) is 11.4 Å². The lowest BCUT2D eigenvalue weighted by atomic mass is 10.0. The van der Waals surface area contributed by atoms with E-state index in [1.165, 1.54) is 12.1 Å². The van der Waals surface area contributed by atoms with Gasteiger partial charge in [-0.25, -0.2) is 19.9 Å². The van der Waals surface area contributed by atoms with Crippen molar-refractivity contribution in [2.24, 2.45) is 10.3 Å². The van der Waals surface area contributed by atoms with Crippen LogP contribution in [0.5, 0.6) is 11.8 Å². The summed E-state index contributed by atoms with van der Waals surface area (Å²) in [5.74, 6) is 0.139. The summed E-state index contributed by atoms with van der Waals surface area (Å²) >= 11 is 0. The van der Waals surface area contributed by atoms with Crippen molar-refractivity contribution in [2.75, 3.05) is 9.44 Å². The fourth-order valence-corrected chi connectivity index (χ4v) is 6.27. The second-order valence-electron chi connectivity index (χ2n) is 11.1. The maximum Gasteiger partial charge on any atom is 0.341 e. The predicted octanol–water partition coefficient (Wildman–Crippen LogP) is 3.51. The molecule has 0 atom stereocenters. The van der Waals surface area contributed by atoms with Gasteiger partial charge in [-0.05, 0) is 72.5 Å². The molecule has 0 fully saturated rings. The van der Waals surface area contributed by atoms with E-state index >= 15 is 0 Å². The number of aryl methyl sites for hydroxylation is 2. The van der Waals surface area contributed by atoms with E-state index in [9.17, 15) is 26.4 Å². The largest absolute Gasteiger partial charge is 0.420 e. The molecule has 0 aliphatic heterocycles. The number of nitrogens with one attached hydrogen (secondary N) is 2. The van der Waals surface area contributed by atoms with Gasteiger partial charge in [0.05, 0.1) is 11.4 Å². The predicted molar refractivity (Wildman–Crippen MR) is 182 cm³/mol. The molecule has 0 spiro atoms. The van der Waals surface area contributed by atoms with Crippen LogP contribution < -0.4 is 35.7 Å². The first kappa shape index (κ1) is 33.3. The van der Waals surface area contributed by atoms with Crippen LogP contribution in [0.3, 0.4) is 0 Å². The Bertz CT molecular complexity index is 2440. The molecule has 0 radical (unpaired) electrons. The zero-order chi connectivity index (χ0) is 35.1. The average molecular weight is 705 g/mol. The molecule has 0 saturated heterocycles. The molecule has 0 saturated carbocycles.